The number of nitrogens with zero attached hydrogens (tertiary/aromatic N) is 6. The average molecular weight is 775 g/mol. The maximum Gasteiger partial charge on any atom is 0.273 e. The number of aliphatic hydroxyl groups is 2. The number of nitrogens with two attached hydrogens (primary N) is 2. The lowest BCUT2D eigenvalue weighted by atomic mass is 10.1. The van der Waals surface area contributed by atoms with E-state index < -0.39 is 23.9 Å². The first-order valence-electron chi connectivity index (χ1n) is 18.3. The van der Waals surface area contributed by atoms with Crippen LogP contribution < -0.4 is 22.1 Å². The summed E-state index contributed by atoms with van der Waals surface area (Å²) < 4.78 is 35.7. The van der Waals surface area contributed by atoms with Crippen LogP contribution in [0.1, 0.15) is 106 Å². The molecule has 8 N–H and O–H groups in total. The Morgan fingerprint density at radius 3 is 1.41 bits per heavy atom. The van der Waals surface area contributed by atoms with E-state index >= 15 is 0 Å². The van der Waals surface area contributed by atoms with Crippen molar-refractivity contribution in [2.24, 2.45) is 11.5 Å². The molecule has 0 saturated carbocycles. The molecule has 0 unspecified atom stereocenters. The summed E-state index contributed by atoms with van der Waals surface area (Å²) in [6.07, 6.45) is 5.94. The number of nitrogens with one attached hydrogen (secondary N) is 2. The maximum absolute atomic E-state index is 13.7. The van der Waals surface area contributed by atoms with Crippen LogP contribution in [0.15, 0.2) is 39.0 Å². The number of rotatable bonds is 12. The molecular weight excluding hydrogens is 732 g/mol. The zero-order chi connectivity index (χ0) is 39.3. The standard InChI is InChI=1S/C36H42N10O10/c1-17-25-35-45-27(23(55-35)9-13-47)33-41-22(16-51-33)30(50)40-20(8-4-6-12-38)32-44-26(18(2)54-32)36-46-28(24(56-36)10-14-48)34-42-21(15-52-34)29(49)39-19(7-3-5-11-37)31(43-25)53-17/h15-16,19-20,47-48H,3-14,37-38H2,1-2H3,(H,39,49)(H,40,50)/t19-,20-/m0/s1. The van der Waals surface area contributed by atoms with Crippen molar-refractivity contribution in [2.75, 3.05) is 26.3 Å². The Morgan fingerprint density at radius 1 is 0.589 bits per heavy atom. The van der Waals surface area contributed by atoms with Crippen LogP contribution in [0.2, 0.25) is 0 Å². The molecule has 6 aromatic rings. The van der Waals surface area contributed by atoms with E-state index in [1.165, 1.54) is 12.5 Å². The van der Waals surface area contributed by atoms with Crippen LogP contribution in [0.3, 0.4) is 0 Å². The minimum Gasteiger partial charge on any atom is -0.443 e. The molecule has 0 aliphatic carbocycles. The Labute approximate surface area is 318 Å². The van der Waals surface area contributed by atoms with Crippen molar-refractivity contribution < 1.29 is 46.3 Å². The summed E-state index contributed by atoms with van der Waals surface area (Å²) in [7, 11) is 0. The number of carbonyl (C=O) groups excluding carboxylic acids is 2. The average Bonchev–Trinajstić information content (AvgIpc) is 4.03. The predicted octanol–water partition coefficient (Wildman–Crippen LogP) is 3.48. The van der Waals surface area contributed by atoms with Crippen molar-refractivity contribution in [3.05, 3.63) is 58.7 Å². The number of aryl methyl sites for hydroxylation is 2. The van der Waals surface area contributed by atoms with Gasteiger partial charge in [0.1, 0.15) is 47.7 Å². The minimum atomic E-state index is -0.724. The van der Waals surface area contributed by atoms with Crippen LogP contribution in [0.25, 0.3) is 46.3 Å². The summed E-state index contributed by atoms with van der Waals surface area (Å²) in [6.45, 7) is 3.67. The van der Waals surface area contributed by atoms with Gasteiger partial charge in [0.05, 0.1) is 13.2 Å². The van der Waals surface area contributed by atoms with Gasteiger partial charge in [-0.25, -0.2) is 29.9 Å². The molecule has 1 aliphatic rings. The molecule has 7 rings (SSSR count). The third-order valence-electron chi connectivity index (χ3n) is 9.08. The highest BCUT2D eigenvalue weighted by Crippen LogP contribution is 2.35. The SMILES string of the molecule is Cc1oc2nc1-c1nc(c(CCO)o1)-c1nc(co1)C(=O)N[C@@H](CCCCN)c1nc(c(C)o1)-c1nc(c(CCO)o1)-c1nc(co1)C(=O)N[C@H]2CCCCN. The predicted molar refractivity (Wildman–Crippen MR) is 192 cm³/mol. The van der Waals surface area contributed by atoms with Crippen molar-refractivity contribution in [3.63, 3.8) is 0 Å². The largest absolute Gasteiger partial charge is 0.443 e. The molecule has 20 heteroatoms. The van der Waals surface area contributed by atoms with Crippen LogP contribution in [0, 0.1) is 13.8 Å². The summed E-state index contributed by atoms with van der Waals surface area (Å²) in [4.78, 5) is 54.7. The first-order valence-corrected chi connectivity index (χ1v) is 18.3. The van der Waals surface area contributed by atoms with Gasteiger partial charge in [0.25, 0.3) is 11.8 Å². The number of fused-ring (bicyclic) bond motifs is 16. The Hall–Kier alpha value is -5.96. The van der Waals surface area contributed by atoms with Crippen molar-refractivity contribution in [1.29, 1.82) is 0 Å². The van der Waals surface area contributed by atoms with Crippen molar-refractivity contribution in [2.45, 2.75) is 77.3 Å². The normalized spacial score (nSPS) is 15.8. The molecule has 56 heavy (non-hydrogen) atoms. The number of oxazole rings is 6. The Balaban J connectivity index is 1.34. The van der Waals surface area contributed by atoms with E-state index in [-0.39, 0.29) is 107 Å². The van der Waals surface area contributed by atoms with Crippen LogP contribution in [-0.4, -0.2) is 78.2 Å². The quantitative estimate of drug-likeness (QED) is 0.0969. The molecule has 0 spiro atoms. The number of unbranched alkanes of at least 4 members (excludes halogenated alkanes) is 2. The van der Waals surface area contributed by atoms with Crippen molar-refractivity contribution >= 4 is 11.8 Å². The number of carbonyl (C=O) groups is 2. The van der Waals surface area contributed by atoms with Gasteiger partial charge in [-0.15, -0.1) is 0 Å². The van der Waals surface area contributed by atoms with Crippen LogP contribution in [-0.2, 0) is 12.8 Å². The van der Waals surface area contributed by atoms with Crippen LogP contribution in [0.4, 0.5) is 0 Å². The number of amides is 2. The first-order chi connectivity index (χ1) is 27.2. The molecule has 12 bridgehead atoms. The highest BCUT2D eigenvalue weighted by Gasteiger charge is 2.31. The molecule has 2 atom stereocenters. The Bertz CT molecular complexity index is 2140. The molecule has 20 nitrogen and oxygen atoms in total. The summed E-state index contributed by atoms with van der Waals surface area (Å²) in [5.74, 6) is 0.361. The van der Waals surface area contributed by atoms with Gasteiger partial charge in [-0.2, -0.15) is 0 Å². The summed E-state index contributed by atoms with van der Waals surface area (Å²) in [5.41, 5.74) is 12.2. The summed E-state index contributed by atoms with van der Waals surface area (Å²) in [6, 6.07) is -1.45. The fourth-order valence-corrected chi connectivity index (χ4v) is 6.25. The molecule has 2 amide bonds. The van der Waals surface area contributed by atoms with Gasteiger partial charge in [-0.3, -0.25) is 9.59 Å². The third kappa shape index (κ3) is 7.89. The van der Waals surface area contributed by atoms with Gasteiger partial charge in [-0.1, -0.05) is 0 Å². The van der Waals surface area contributed by atoms with E-state index in [1.807, 2.05) is 0 Å². The molecule has 6 aromatic heterocycles. The minimum absolute atomic E-state index is 0.0318. The number of aromatic nitrogens is 6. The lowest BCUT2D eigenvalue weighted by Gasteiger charge is -2.14. The Kier molecular flexibility index (Phi) is 11.5. The van der Waals surface area contributed by atoms with Crippen molar-refractivity contribution in [1.82, 2.24) is 40.5 Å². The van der Waals surface area contributed by atoms with Gasteiger partial charge in [0.15, 0.2) is 34.2 Å². The second-order valence-corrected chi connectivity index (χ2v) is 13.1. The lowest BCUT2D eigenvalue weighted by molar-refractivity contribution is 0.0914. The number of aliphatic hydroxyl groups excluding tert-OH is 2. The molecule has 0 aromatic carbocycles. The molecule has 7 heterocycles. The first kappa shape index (κ1) is 38.3. The molecular formula is C36H42N10O10. The second kappa shape index (κ2) is 16.8. The van der Waals surface area contributed by atoms with E-state index in [0.29, 0.717) is 63.1 Å². The molecule has 296 valence electrons. The van der Waals surface area contributed by atoms with E-state index in [4.69, 9.17) is 38.0 Å². The Morgan fingerprint density at radius 2 is 1.02 bits per heavy atom. The monoisotopic (exact) mass is 774 g/mol. The smallest absolute Gasteiger partial charge is 0.273 e. The lowest BCUT2D eigenvalue weighted by Crippen LogP contribution is -2.29. The molecule has 0 saturated heterocycles. The van der Waals surface area contributed by atoms with Gasteiger partial charge < -0.3 is 58.8 Å². The topological polar surface area (TPSA) is 307 Å². The zero-order valence-corrected chi connectivity index (χ0v) is 30.8. The third-order valence-corrected chi connectivity index (χ3v) is 9.08. The van der Waals surface area contributed by atoms with Crippen LogP contribution >= 0.6 is 0 Å². The van der Waals surface area contributed by atoms with Gasteiger partial charge >= 0.3 is 0 Å². The van der Waals surface area contributed by atoms with Crippen LogP contribution in [0.5, 0.6) is 0 Å². The maximum atomic E-state index is 13.7. The fraction of sp³-hybridized carbons (Fsp3) is 0.444. The highest BCUT2D eigenvalue weighted by atomic mass is 16.4. The second-order valence-electron chi connectivity index (χ2n) is 13.1. The summed E-state index contributed by atoms with van der Waals surface area (Å²) in [5, 5.41) is 25.5. The molecule has 1 aliphatic heterocycles. The van der Waals surface area contributed by atoms with E-state index in [9.17, 15) is 19.8 Å². The van der Waals surface area contributed by atoms with Gasteiger partial charge in [-0.05, 0) is 65.5 Å². The summed E-state index contributed by atoms with van der Waals surface area (Å²) >= 11 is 0. The highest BCUT2D eigenvalue weighted by molar-refractivity contribution is 5.93. The zero-order valence-electron chi connectivity index (χ0n) is 30.8. The number of hydrogen-bond acceptors (Lipinski definition) is 18. The van der Waals surface area contributed by atoms with Gasteiger partial charge in [0, 0.05) is 12.8 Å². The number of hydrogen-bond donors (Lipinski definition) is 6. The van der Waals surface area contributed by atoms with E-state index in [2.05, 4.69) is 40.5 Å². The van der Waals surface area contributed by atoms with Crippen molar-refractivity contribution in [3.8, 4) is 46.3 Å². The van der Waals surface area contributed by atoms with Gasteiger partial charge in [0.2, 0.25) is 35.3 Å². The van der Waals surface area contributed by atoms with E-state index in [0.717, 1.165) is 0 Å². The molecule has 0 fully saturated rings. The fourth-order valence-electron chi connectivity index (χ4n) is 6.25. The molecule has 0 radical (unpaired) electrons. The van der Waals surface area contributed by atoms with E-state index in [1.54, 1.807) is 13.8 Å².